The summed E-state index contributed by atoms with van der Waals surface area (Å²) < 4.78 is 36.8. The lowest BCUT2D eigenvalue weighted by Gasteiger charge is -2.37. The Bertz CT molecular complexity index is 188. The molecule has 0 bridgehead atoms. The highest BCUT2D eigenvalue weighted by atomic mass is 35.5. The maximum absolute atomic E-state index is 12.3. The number of halogens is 4. The lowest BCUT2D eigenvalue weighted by Crippen LogP contribution is -2.49. The molecule has 1 rings (SSSR count). The largest absolute Gasteiger partial charge is 0.391 e. The highest BCUT2D eigenvalue weighted by Crippen LogP contribution is 2.40. The summed E-state index contributed by atoms with van der Waals surface area (Å²) in [5.41, 5.74) is -1.32. The smallest absolute Gasteiger partial charge is 0.376 e. The van der Waals surface area contributed by atoms with Crippen LogP contribution in [0.2, 0.25) is 0 Å². The van der Waals surface area contributed by atoms with Crippen LogP contribution in [-0.2, 0) is 0 Å². The summed E-state index contributed by atoms with van der Waals surface area (Å²) in [6, 6.07) is 0. The lowest BCUT2D eigenvalue weighted by atomic mass is 9.83. The van der Waals surface area contributed by atoms with E-state index in [1.54, 1.807) is 0 Å². The van der Waals surface area contributed by atoms with E-state index in [-0.39, 0.29) is 25.2 Å². The van der Waals surface area contributed by atoms with Crippen molar-refractivity contribution >= 4 is 12.4 Å². The van der Waals surface area contributed by atoms with Gasteiger partial charge in [-0.05, 0) is 26.3 Å². The van der Waals surface area contributed by atoms with Crippen LogP contribution in [0.3, 0.4) is 0 Å². The van der Waals surface area contributed by atoms with Gasteiger partial charge in [-0.1, -0.05) is 0 Å². The summed E-state index contributed by atoms with van der Waals surface area (Å²) in [5, 5.41) is 12.1. The average molecular weight is 234 g/mol. The summed E-state index contributed by atoms with van der Waals surface area (Å²) in [6.07, 6.45) is -3.46. The molecule has 1 fully saturated rings. The molecule has 1 aliphatic rings. The molecule has 6 heteroatoms. The van der Waals surface area contributed by atoms with Gasteiger partial charge in [0.15, 0.2) is 0 Å². The van der Waals surface area contributed by atoms with Gasteiger partial charge in [0, 0.05) is 6.42 Å². The Labute approximate surface area is 87.3 Å². The minimum atomic E-state index is -4.18. The van der Waals surface area contributed by atoms with E-state index in [0.717, 1.165) is 0 Å². The van der Waals surface area contributed by atoms with Crippen molar-refractivity contribution in [1.29, 1.82) is 0 Å². The number of nitrogens with one attached hydrogen (secondary N) is 1. The molecule has 2 unspecified atom stereocenters. The molecular weight excluding hydrogens is 219 g/mol. The van der Waals surface area contributed by atoms with E-state index in [0.29, 0.717) is 12.8 Å². The van der Waals surface area contributed by atoms with Gasteiger partial charge in [-0.25, -0.2) is 0 Å². The van der Waals surface area contributed by atoms with Crippen LogP contribution in [0, 0.1) is 5.92 Å². The minimum absolute atomic E-state index is 0. The molecule has 0 aliphatic heterocycles. The molecule has 1 aliphatic carbocycles. The van der Waals surface area contributed by atoms with Gasteiger partial charge in [0.2, 0.25) is 0 Å². The summed E-state index contributed by atoms with van der Waals surface area (Å²) >= 11 is 0. The van der Waals surface area contributed by atoms with Crippen LogP contribution in [0.15, 0.2) is 0 Å². The van der Waals surface area contributed by atoms with Crippen LogP contribution in [0.5, 0.6) is 0 Å². The topological polar surface area (TPSA) is 32.3 Å². The van der Waals surface area contributed by atoms with Crippen LogP contribution >= 0.6 is 12.4 Å². The summed E-state index contributed by atoms with van der Waals surface area (Å²) in [6.45, 7) is 0. The van der Waals surface area contributed by atoms with Crippen LogP contribution < -0.4 is 5.32 Å². The number of hydrogen-bond donors (Lipinski definition) is 2. The number of alkyl halides is 3. The molecule has 0 radical (unpaired) electrons. The van der Waals surface area contributed by atoms with Gasteiger partial charge < -0.3 is 5.11 Å². The molecule has 2 nitrogen and oxygen atoms in total. The fourth-order valence-corrected chi connectivity index (χ4v) is 1.76. The lowest BCUT2D eigenvalue weighted by molar-refractivity contribution is -0.203. The quantitative estimate of drug-likeness (QED) is 0.680. The molecule has 0 heterocycles. The van der Waals surface area contributed by atoms with Crippen LogP contribution in [0.4, 0.5) is 13.2 Å². The average Bonchev–Trinajstić information content (AvgIpc) is 2.03. The molecule has 86 valence electrons. The van der Waals surface area contributed by atoms with E-state index in [1.807, 2.05) is 0 Å². The molecular formula is C8H15ClF3NO. The van der Waals surface area contributed by atoms with Gasteiger partial charge in [0.1, 0.15) is 5.72 Å². The Morgan fingerprint density at radius 1 is 1.43 bits per heavy atom. The molecule has 0 spiro atoms. The molecule has 0 aromatic carbocycles. The Morgan fingerprint density at radius 3 is 2.43 bits per heavy atom. The van der Waals surface area contributed by atoms with Gasteiger partial charge in [-0.3, -0.25) is 5.32 Å². The van der Waals surface area contributed by atoms with Crippen molar-refractivity contribution in [2.45, 2.75) is 37.6 Å². The third kappa shape index (κ3) is 3.29. The van der Waals surface area contributed by atoms with E-state index in [2.05, 4.69) is 5.32 Å². The molecule has 2 atom stereocenters. The van der Waals surface area contributed by atoms with E-state index in [9.17, 15) is 18.3 Å². The van der Waals surface area contributed by atoms with Crippen LogP contribution in [0.25, 0.3) is 0 Å². The van der Waals surface area contributed by atoms with Crippen molar-refractivity contribution in [3.8, 4) is 0 Å². The highest BCUT2D eigenvalue weighted by Gasteiger charge is 2.46. The standard InChI is InChI=1S/C8H14F3NO.ClH/c1-12-7(13)4-2-3-6(5-7)8(9,10)11;/h6,12-13H,2-5H2,1H3;1H. The molecule has 1 saturated carbocycles. The summed E-state index contributed by atoms with van der Waals surface area (Å²) in [4.78, 5) is 0. The first-order chi connectivity index (χ1) is 5.87. The van der Waals surface area contributed by atoms with Gasteiger partial charge in [-0.15, -0.1) is 12.4 Å². The van der Waals surface area contributed by atoms with Gasteiger partial charge >= 0.3 is 6.18 Å². The highest BCUT2D eigenvalue weighted by molar-refractivity contribution is 5.85. The zero-order valence-electron chi connectivity index (χ0n) is 7.90. The molecule has 0 aromatic rings. The van der Waals surface area contributed by atoms with Gasteiger partial charge in [0.05, 0.1) is 5.92 Å². The Hall–Kier alpha value is -0.0000000000000000555. The van der Waals surface area contributed by atoms with Crippen molar-refractivity contribution in [3.63, 3.8) is 0 Å². The van der Waals surface area contributed by atoms with Gasteiger partial charge in [-0.2, -0.15) is 13.2 Å². The van der Waals surface area contributed by atoms with Gasteiger partial charge in [0.25, 0.3) is 0 Å². The summed E-state index contributed by atoms with van der Waals surface area (Å²) in [5.74, 6) is -1.36. The molecule has 0 saturated heterocycles. The first-order valence-corrected chi connectivity index (χ1v) is 4.35. The van der Waals surface area contributed by atoms with E-state index in [4.69, 9.17) is 0 Å². The van der Waals surface area contributed by atoms with Crippen molar-refractivity contribution < 1.29 is 18.3 Å². The second-order valence-electron chi connectivity index (χ2n) is 3.62. The fourth-order valence-electron chi connectivity index (χ4n) is 1.76. The molecule has 2 N–H and O–H groups in total. The third-order valence-corrected chi connectivity index (χ3v) is 2.66. The Kier molecular flexibility index (Phi) is 4.68. The predicted octanol–water partition coefficient (Wildman–Crippen LogP) is 2.07. The predicted molar refractivity (Wildman–Crippen MR) is 49.3 cm³/mol. The molecule has 0 amide bonds. The monoisotopic (exact) mass is 233 g/mol. The van der Waals surface area contributed by atoms with Crippen molar-refractivity contribution in [2.75, 3.05) is 7.05 Å². The third-order valence-electron chi connectivity index (χ3n) is 2.66. The van der Waals surface area contributed by atoms with E-state index < -0.39 is 17.8 Å². The van der Waals surface area contributed by atoms with Crippen molar-refractivity contribution in [1.82, 2.24) is 5.32 Å². The second-order valence-corrected chi connectivity index (χ2v) is 3.62. The minimum Gasteiger partial charge on any atom is -0.376 e. The van der Waals surface area contributed by atoms with Crippen molar-refractivity contribution in [3.05, 3.63) is 0 Å². The first kappa shape index (κ1) is 14.0. The second kappa shape index (κ2) is 4.68. The normalized spacial score (nSPS) is 33.6. The SMILES string of the molecule is CNC1(O)CCCC(C(F)(F)F)C1.Cl. The maximum Gasteiger partial charge on any atom is 0.391 e. The molecule has 0 aromatic heterocycles. The number of aliphatic hydroxyl groups is 1. The summed E-state index contributed by atoms with van der Waals surface area (Å²) in [7, 11) is 1.48. The van der Waals surface area contributed by atoms with E-state index in [1.165, 1.54) is 7.05 Å². The Morgan fingerprint density at radius 2 is 2.00 bits per heavy atom. The van der Waals surface area contributed by atoms with Crippen LogP contribution in [-0.4, -0.2) is 24.1 Å². The zero-order valence-corrected chi connectivity index (χ0v) is 8.71. The molecule has 14 heavy (non-hydrogen) atoms. The fraction of sp³-hybridized carbons (Fsp3) is 1.00. The number of rotatable bonds is 1. The van der Waals surface area contributed by atoms with Crippen molar-refractivity contribution in [2.24, 2.45) is 5.92 Å². The first-order valence-electron chi connectivity index (χ1n) is 4.35. The zero-order chi connectivity index (χ0) is 10.1. The number of hydrogen-bond acceptors (Lipinski definition) is 2. The van der Waals surface area contributed by atoms with E-state index >= 15 is 0 Å². The maximum atomic E-state index is 12.3. The Balaban J connectivity index is 0.00000169. The van der Waals surface area contributed by atoms with Crippen LogP contribution in [0.1, 0.15) is 25.7 Å².